The maximum atomic E-state index is 4.13. The molecule has 14 heavy (non-hydrogen) atoms. The minimum atomic E-state index is 0.629. The Hall–Kier alpha value is -0.930. The Morgan fingerprint density at radius 2 is 2.57 bits per heavy atom. The lowest BCUT2D eigenvalue weighted by atomic mass is 10.2. The van der Waals surface area contributed by atoms with Gasteiger partial charge in [-0.3, -0.25) is 9.88 Å². The Labute approximate surface area is 85.1 Å². The summed E-state index contributed by atoms with van der Waals surface area (Å²) in [5.41, 5.74) is 1.31. The third-order valence-corrected chi connectivity index (χ3v) is 2.75. The predicted octanol–water partition coefficient (Wildman–Crippen LogP) is 0.875. The van der Waals surface area contributed by atoms with Gasteiger partial charge in [-0.2, -0.15) is 0 Å². The second-order valence-electron chi connectivity index (χ2n) is 3.88. The zero-order chi connectivity index (χ0) is 9.80. The molecule has 2 rings (SSSR count). The molecule has 0 unspecified atom stereocenters. The zero-order valence-corrected chi connectivity index (χ0v) is 8.61. The quantitative estimate of drug-likeness (QED) is 0.752. The average molecular weight is 191 g/mol. The highest BCUT2D eigenvalue weighted by Crippen LogP contribution is 2.08. The van der Waals surface area contributed by atoms with E-state index in [0.717, 1.165) is 26.2 Å². The predicted molar refractivity (Wildman–Crippen MR) is 57.0 cm³/mol. The van der Waals surface area contributed by atoms with Crippen molar-refractivity contribution in [2.24, 2.45) is 0 Å². The maximum Gasteiger partial charge on any atom is 0.0312 e. The molecular weight excluding hydrogens is 174 g/mol. The van der Waals surface area contributed by atoms with Crippen molar-refractivity contribution >= 4 is 0 Å². The van der Waals surface area contributed by atoms with Gasteiger partial charge in [0.15, 0.2) is 0 Å². The molecule has 0 amide bonds. The van der Waals surface area contributed by atoms with Crippen LogP contribution in [0.15, 0.2) is 24.5 Å². The third kappa shape index (κ3) is 2.30. The number of nitrogens with one attached hydrogen (secondary N) is 1. The number of aromatic nitrogens is 1. The van der Waals surface area contributed by atoms with E-state index >= 15 is 0 Å². The molecular formula is C11H17N3. The first kappa shape index (κ1) is 9.62. The number of nitrogens with zero attached hydrogens (tertiary/aromatic N) is 2. The first-order valence-electron chi connectivity index (χ1n) is 5.20. The van der Waals surface area contributed by atoms with Crippen LogP contribution in [0.5, 0.6) is 0 Å². The lowest BCUT2D eigenvalue weighted by Gasteiger charge is -2.33. The van der Waals surface area contributed by atoms with Gasteiger partial charge in [-0.25, -0.2) is 0 Å². The van der Waals surface area contributed by atoms with Crippen molar-refractivity contribution in [1.29, 1.82) is 0 Å². The summed E-state index contributed by atoms with van der Waals surface area (Å²) >= 11 is 0. The zero-order valence-electron chi connectivity index (χ0n) is 8.61. The fraction of sp³-hybridized carbons (Fsp3) is 0.545. The highest BCUT2D eigenvalue weighted by atomic mass is 15.2. The van der Waals surface area contributed by atoms with Crippen molar-refractivity contribution in [2.75, 3.05) is 19.6 Å². The lowest BCUT2D eigenvalue weighted by Crippen LogP contribution is -2.49. The molecule has 1 N–H and O–H groups in total. The van der Waals surface area contributed by atoms with Crippen molar-refractivity contribution in [3.63, 3.8) is 0 Å². The van der Waals surface area contributed by atoms with Crippen LogP contribution in [-0.2, 0) is 6.54 Å². The van der Waals surface area contributed by atoms with Crippen LogP contribution in [0.25, 0.3) is 0 Å². The molecule has 1 aromatic heterocycles. The van der Waals surface area contributed by atoms with Crippen LogP contribution < -0.4 is 5.32 Å². The smallest absolute Gasteiger partial charge is 0.0312 e. The average Bonchev–Trinajstić information content (AvgIpc) is 2.23. The van der Waals surface area contributed by atoms with Gasteiger partial charge in [0.1, 0.15) is 0 Å². The largest absolute Gasteiger partial charge is 0.314 e. The molecule has 0 bridgehead atoms. The normalized spacial score (nSPS) is 23.6. The maximum absolute atomic E-state index is 4.13. The molecule has 0 spiro atoms. The van der Waals surface area contributed by atoms with Crippen molar-refractivity contribution in [2.45, 2.75) is 19.5 Å². The number of piperazine rings is 1. The minimum Gasteiger partial charge on any atom is -0.314 e. The van der Waals surface area contributed by atoms with Crippen LogP contribution in [-0.4, -0.2) is 35.6 Å². The van der Waals surface area contributed by atoms with Crippen molar-refractivity contribution in [3.8, 4) is 0 Å². The van der Waals surface area contributed by atoms with E-state index in [1.165, 1.54) is 5.56 Å². The fourth-order valence-corrected chi connectivity index (χ4v) is 1.84. The lowest BCUT2D eigenvalue weighted by molar-refractivity contribution is 0.165. The van der Waals surface area contributed by atoms with E-state index in [2.05, 4.69) is 28.2 Å². The second kappa shape index (κ2) is 4.53. The van der Waals surface area contributed by atoms with Crippen molar-refractivity contribution in [3.05, 3.63) is 30.1 Å². The summed E-state index contributed by atoms with van der Waals surface area (Å²) in [4.78, 5) is 6.63. The molecule has 0 radical (unpaired) electrons. The molecule has 0 aliphatic carbocycles. The van der Waals surface area contributed by atoms with Gasteiger partial charge in [0.25, 0.3) is 0 Å². The molecule has 1 aromatic rings. The summed E-state index contributed by atoms with van der Waals surface area (Å²) in [6, 6.07) is 4.77. The molecule has 3 heteroatoms. The van der Waals surface area contributed by atoms with E-state index in [4.69, 9.17) is 0 Å². The molecule has 3 nitrogen and oxygen atoms in total. The second-order valence-corrected chi connectivity index (χ2v) is 3.88. The van der Waals surface area contributed by atoms with Gasteiger partial charge in [-0.05, 0) is 18.6 Å². The summed E-state index contributed by atoms with van der Waals surface area (Å²) in [7, 11) is 0. The number of rotatable bonds is 2. The minimum absolute atomic E-state index is 0.629. The summed E-state index contributed by atoms with van der Waals surface area (Å²) in [6.45, 7) is 6.63. The van der Waals surface area contributed by atoms with Crippen LogP contribution in [0.3, 0.4) is 0 Å². The summed E-state index contributed by atoms with van der Waals surface area (Å²) < 4.78 is 0. The summed E-state index contributed by atoms with van der Waals surface area (Å²) in [5, 5.41) is 3.39. The van der Waals surface area contributed by atoms with Gasteiger partial charge < -0.3 is 5.32 Å². The Bertz CT molecular complexity index is 273. The van der Waals surface area contributed by atoms with E-state index in [1.54, 1.807) is 0 Å². The Morgan fingerprint density at radius 1 is 1.64 bits per heavy atom. The van der Waals surface area contributed by atoms with Gasteiger partial charge in [0, 0.05) is 44.6 Å². The van der Waals surface area contributed by atoms with Crippen molar-refractivity contribution in [1.82, 2.24) is 15.2 Å². The van der Waals surface area contributed by atoms with Gasteiger partial charge in [0.2, 0.25) is 0 Å². The molecule has 2 heterocycles. The van der Waals surface area contributed by atoms with Crippen LogP contribution in [0.2, 0.25) is 0 Å². The van der Waals surface area contributed by atoms with Gasteiger partial charge >= 0.3 is 0 Å². The topological polar surface area (TPSA) is 28.2 Å². The molecule has 0 aromatic carbocycles. The first-order chi connectivity index (χ1) is 6.86. The van der Waals surface area contributed by atoms with Crippen LogP contribution in [0, 0.1) is 0 Å². The van der Waals surface area contributed by atoms with E-state index < -0.39 is 0 Å². The monoisotopic (exact) mass is 191 g/mol. The SMILES string of the molecule is C[C@@H]1CNCCN1Cc1cccnc1. The van der Waals surface area contributed by atoms with Crippen LogP contribution in [0.4, 0.5) is 0 Å². The first-order valence-corrected chi connectivity index (χ1v) is 5.20. The van der Waals surface area contributed by atoms with Crippen LogP contribution in [0.1, 0.15) is 12.5 Å². The van der Waals surface area contributed by atoms with Gasteiger partial charge in [-0.15, -0.1) is 0 Å². The standard InChI is InChI=1S/C11H17N3/c1-10-7-13-5-6-14(10)9-11-3-2-4-12-8-11/h2-4,8,10,13H,5-7,9H2,1H3/t10-/m1/s1. The Morgan fingerprint density at radius 3 is 3.29 bits per heavy atom. The molecule has 0 saturated carbocycles. The van der Waals surface area contributed by atoms with Gasteiger partial charge in [-0.1, -0.05) is 6.07 Å². The Kier molecular flexibility index (Phi) is 3.11. The highest BCUT2D eigenvalue weighted by molar-refractivity contribution is 5.08. The summed E-state index contributed by atoms with van der Waals surface area (Å²) in [6.07, 6.45) is 3.78. The highest BCUT2D eigenvalue weighted by Gasteiger charge is 2.17. The number of pyridine rings is 1. The molecule has 1 atom stereocenters. The van der Waals surface area contributed by atoms with E-state index in [0.29, 0.717) is 6.04 Å². The van der Waals surface area contributed by atoms with Crippen LogP contribution >= 0.6 is 0 Å². The number of hydrogen-bond acceptors (Lipinski definition) is 3. The van der Waals surface area contributed by atoms with E-state index in [1.807, 2.05) is 18.5 Å². The molecule has 76 valence electrons. The van der Waals surface area contributed by atoms with Gasteiger partial charge in [0.05, 0.1) is 0 Å². The molecule has 1 saturated heterocycles. The van der Waals surface area contributed by atoms with Crippen molar-refractivity contribution < 1.29 is 0 Å². The van der Waals surface area contributed by atoms with E-state index in [9.17, 15) is 0 Å². The molecule has 1 fully saturated rings. The number of hydrogen-bond donors (Lipinski definition) is 1. The third-order valence-electron chi connectivity index (χ3n) is 2.75. The summed E-state index contributed by atoms with van der Waals surface area (Å²) in [5.74, 6) is 0. The van der Waals surface area contributed by atoms with E-state index in [-0.39, 0.29) is 0 Å². The fourth-order valence-electron chi connectivity index (χ4n) is 1.84. The Balaban J connectivity index is 1.96. The molecule has 1 aliphatic heterocycles. The molecule has 1 aliphatic rings.